The van der Waals surface area contributed by atoms with Crippen LogP contribution in [-0.2, 0) is 16.4 Å². The molecule has 11 nitrogen and oxygen atoms in total. The number of ether oxygens (including phenoxy) is 3. The number of fused-ring (bicyclic) bond motifs is 1. The van der Waals surface area contributed by atoms with Crippen LogP contribution in [-0.4, -0.2) is 77.7 Å². The summed E-state index contributed by atoms with van der Waals surface area (Å²) in [5.41, 5.74) is 0.998. The molecule has 0 radical (unpaired) electrons. The monoisotopic (exact) mass is 766 g/mol. The third kappa shape index (κ3) is 12.8. The summed E-state index contributed by atoms with van der Waals surface area (Å²) in [6.07, 6.45) is -0.112. The van der Waals surface area contributed by atoms with Gasteiger partial charge in [-0.05, 0) is 66.0 Å². The first-order valence-corrected chi connectivity index (χ1v) is 17.7. The van der Waals surface area contributed by atoms with Gasteiger partial charge in [-0.25, -0.2) is 8.42 Å². The molecule has 0 saturated heterocycles. The van der Waals surface area contributed by atoms with Gasteiger partial charge in [0.05, 0.1) is 19.8 Å². The fourth-order valence-electron chi connectivity index (χ4n) is 4.53. The van der Waals surface area contributed by atoms with E-state index in [4.69, 9.17) is 38.0 Å². The first-order valence-electron chi connectivity index (χ1n) is 15.4. The maximum atomic E-state index is 12.6. The third-order valence-corrected chi connectivity index (χ3v) is 9.06. The fourth-order valence-corrected chi connectivity index (χ4v) is 6.21. The molecule has 0 bridgehead atoms. The summed E-state index contributed by atoms with van der Waals surface area (Å²) in [5, 5.41) is 21.0. The number of benzene rings is 4. The van der Waals surface area contributed by atoms with E-state index in [1.807, 2.05) is 30.3 Å². The molecule has 0 aliphatic heterocycles. The molecule has 1 amide bonds. The molecule has 0 spiro atoms. The lowest BCUT2D eigenvalue weighted by molar-refractivity contribution is 0.0951. The van der Waals surface area contributed by atoms with E-state index in [1.54, 1.807) is 24.3 Å². The van der Waals surface area contributed by atoms with Crippen molar-refractivity contribution in [3.63, 3.8) is 0 Å². The Bertz CT molecular complexity index is 1820. The van der Waals surface area contributed by atoms with Gasteiger partial charge >= 0.3 is 0 Å². The van der Waals surface area contributed by atoms with Gasteiger partial charge in [0, 0.05) is 36.6 Å². The maximum Gasteiger partial charge on any atom is 0.267 e. The van der Waals surface area contributed by atoms with E-state index < -0.39 is 16.1 Å². The van der Waals surface area contributed by atoms with Crippen LogP contribution in [0.25, 0.3) is 10.8 Å². The summed E-state index contributed by atoms with van der Waals surface area (Å²) >= 11 is 10.8. The van der Waals surface area contributed by atoms with Crippen molar-refractivity contribution in [3.8, 4) is 17.2 Å². The number of sulfonamides is 1. The maximum absolute atomic E-state index is 12.6. The van der Waals surface area contributed by atoms with Gasteiger partial charge in [-0.1, -0.05) is 67.9 Å². The van der Waals surface area contributed by atoms with Crippen molar-refractivity contribution < 1.29 is 32.5 Å². The highest BCUT2D eigenvalue weighted by Crippen LogP contribution is 2.26. The van der Waals surface area contributed by atoms with Crippen molar-refractivity contribution in [2.75, 3.05) is 41.0 Å². The highest BCUT2D eigenvalue weighted by Gasteiger charge is 2.21. The Morgan fingerprint density at radius 1 is 0.940 bits per heavy atom. The predicted molar refractivity (Wildman–Crippen MR) is 205 cm³/mol. The molecular formula is C35H44Cl2N4O7S2. The van der Waals surface area contributed by atoms with Gasteiger partial charge < -0.3 is 35.3 Å². The Balaban J connectivity index is 0.000000373. The zero-order valence-corrected chi connectivity index (χ0v) is 31.7. The minimum absolute atomic E-state index is 0. The zero-order valence-electron chi connectivity index (χ0n) is 28.5. The molecule has 15 heteroatoms. The lowest BCUT2D eigenvalue weighted by Crippen LogP contribution is -2.37. The number of amides is 1. The van der Waals surface area contributed by atoms with E-state index in [9.17, 15) is 18.3 Å². The molecule has 4 aromatic carbocycles. The van der Waals surface area contributed by atoms with Crippen molar-refractivity contribution in [1.82, 2.24) is 20.7 Å². The summed E-state index contributed by atoms with van der Waals surface area (Å²) < 4.78 is 43.5. The van der Waals surface area contributed by atoms with Crippen molar-refractivity contribution in [3.05, 3.63) is 95.0 Å². The average molecular weight is 768 g/mol. The number of rotatable bonds is 14. The fraction of sp³-hybridized carbons (Fsp3) is 0.314. The molecule has 0 aliphatic carbocycles. The largest absolute Gasteiger partial charge is 0.496 e. The van der Waals surface area contributed by atoms with E-state index in [2.05, 4.69) is 46.7 Å². The van der Waals surface area contributed by atoms with Crippen LogP contribution in [0.4, 0.5) is 0 Å². The first-order chi connectivity index (χ1) is 23.4. The first kappa shape index (κ1) is 42.3. The van der Waals surface area contributed by atoms with Crippen LogP contribution >= 0.6 is 36.2 Å². The molecule has 0 aliphatic rings. The molecule has 0 saturated carbocycles. The van der Waals surface area contributed by atoms with E-state index >= 15 is 0 Å². The topological polar surface area (TPSA) is 147 Å². The van der Waals surface area contributed by atoms with Gasteiger partial charge in [0.15, 0.2) is 5.11 Å². The summed E-state index contributed by atoms with van der Waals surface area (Å²) in [4.78, 5) is 12.4. The summed E-state index contributed by atoms with van der Waals surface area (Å²) in [5.74, 6) is 1.05. The number of halogens is 2. The van der Waals surface area contributed by atoms with Gasteiger partial charge in [-0.3, -0.25) is 9.52 Å². The predicted octanol–water partition coefficient (Wildman–Crippen LogP) is 5.11. The van der Waals surface area contributed by atoms with Crippen LogP contribution in [0.2, 0.25) is 5.02 Å². The van der Waals surface area contributed by atoms with Gasteiger partial charge in [0.25, 0.3) is 15.9 Å². The van der Waals surface area contributed by atoms with Crippen molar-refractivity contribution in [1.29, 1.82) is 0 Å². The molecule has 5 N–H and O–H groups in total. The molecule has 0 aromatic heterocycles. The molecule has 272 valence electrons. The second kappa shape index (κ2) is 20.7. The van der Waals surface area contributed by atoms with E-state index in [0.717, 1.165) is 16.5 Å². The number of carbonyl (C=O) groups is 1. The Morgan fingerprint density at radius 2 is 1.62 bits per heavy atom. The Labute approximate surface area is 310 Å². The third-order valence-electron chi connectivity index (χ3n) is 7.02. The van der Waals surface area contributed by atoms with Crippen LogP contribution in [0.15, 0.2) is 83.8 Å². The summed E-state index contributed by atoms with van der Waals surface area (Å²) in [7, 11) is 0.421. The Morgan fingerprint density at radius 3 is 2.30 bits per heavy atom. The number of hydrogen-bond donors (Lipinski definition) is 5. The minimum atomic E-state index is -3.93. The number of methoxy groups -OCH3 is 2. The van der Waals surface area contributed by atoms with E-state index in [1.165, 1.54) is 33.4 Å². The second-order valence-corrected chi connectivity index (χ2v) is 13.5. The lowest BCUT2D eigenvalue weighted by Gasteiger charge is -2.15. The number of nitrogens with one attached hydrogen (secondary N) is 4. The van der Waals surface area contributed by atoms with E-state index in [-0.39, 0.29) is 40.6 Å². The molecule has 4 aromatic rings. The van der Waals surface area contributed by atoms with Crippen LogP contribution in [0, 0.1) is 0 Å². The standard InChI is InChI=1S/C19H22ClN3O5S2.C16H21NO2.ClH/c1-21-19(29)23-30(25,26)17-10-12(4-6-16(17)28-3)8-9-22-18(24)14-11-13(20)5-7-15(14)27-2;1-12(2)17-10-14(18)11-19-16-9-5-7-13-6-3-4-8-15(13)16;/h4-7,10-11H,8-9H2,1-3H3,(H,22,24)(H2,21,23,29);3-9,12,14,17-18H,10-11H2,1-2H3;1H. The van der Waals surface area contributed by atoms with Gasteiger partial charge in [0.1, 0.15) is 34.9 Å². The quantitative estimate of drug-likeness (QED) is 0.110. The molecule has 50 heavy (non-hydrogen) atoms. The van der Waals surface area contributed by atoms with Gasteiger partial charge in [-0.15, -0.1) is 12.4 Å². The van der Waals surface area contributed by atoms with Crippen molar-refractivity contribution in [2.45, 2.75) is 37.3 Å². The normalized spacial score (nSPS) is 11.4. The molecule has 0 fully saturated rings. The van der Waals surface area contributed by atoms with Crippen LogP contribution in [0.1, 0.15) is 29.8 Å². The molecule has 4 rings (SSSR count). The Hall–Kier alpha value is -3.85. The molecule has 1 atom stereocenters. The zero-order chi connectivity index (χ0) is 36.0. The smallest absolute Gasteiger partial charge is 0.267 e. The van der Waals surface area contributed by atoms with Crippen LogP contribution in [0.5, 0.6) is 17.2 Å². The van der Waals surface area contributed by atoms with Gasteiger partial charge in [-0.2, -0.15) is 0 Å². The highest BCUT2D eigenvalue weighted by molar-refractivity contribution is 7.92. The highest BCUT2D eigenvalue weighted by atomic mass is 35.5. The van der Waals surface area contributed by atoms with Crippen LogP contribution in [0.3, 0.4) is 0 Å². The summed E-state index contributed by atoms with van der Waals surface area (Å²) in [6, 6.07) is 23.9. The number of hydrogen-bond acceptors (Lipinski definition) is 9. The van der Waals surface area contributed by atoms with Gasteiger partial charge in [0.2, 0.25) is 0 Å². The van der Waals surface area contributed by atoms with E-state index in [0.29, 0.717) is 47.5 Å². The minimum Gasteiger partial charge on any atom is -0.496 e. The molecular weight excluding hydrogens is 723 g/mol. The molecule has 0 heterocycles. The lowest BCUT2D eigenvalue weighted by atomic mass is 10.1. The second-order valence-electron chi connectivity index (χ2n) is 11.0. The Kier molecular flexibility index (Phi) is 17.5. The average Bonchev–Trinajstić information content (AvgIpc) is 3.09. The summed E-state index contributed by atoms with van der Waals surface area (Å²) in [6.45, 7) is 5.22. The number of aliphatic hydroxyl groups excluding tert-OH is 1. The number of carbonyl (C=O) groups excluding carboxylic acids is 1. The molecule has 1 unspecified atom stereocenters. The SMILES string of the molecule is CC(C)NCC(O)COc1cccc2ccccc12.CNC(=S)NS(=O)(=O)c1cc(CCNC(=O)c2cc(Cl)ccc2OC)ccc1OC.Cl. The number of aliphatic hydroxyl groups is 1. The van der Waals surface area contributed by atoms with Crippen molar-refractivity contribution >= 4 is 68.0 Å². The van der Waals surface area contributed by atoms with Crippen molar-refractivity contribution in [2.24, 2.45) is 0 Å². The van der Waals surface area contributed by atoms with Crippen LogP contribution < -0.4 is 34.9 Å². The number of thiocarbonyl (C=S) groups is 1.